The maximum Gasteiger partial charge on any atom is 0.141 e. The van der Waals surface area contributed by atoms with Gasteiger partial charge in [-0.05, 0) is 12.5 Å². The van der Waals surface area contributed by atoms with Crippen molar-refractivity contribution in [2.75, 3.05) is 7.11 Å². The van der Waals surface area contributed by atoms with E-state index in [1.54, 1.807) is 19.5 Å². The lowest BCUT2D eigenvalue weighted by Crippen LogP contribution is -2.27. The first-order chi connectivity index (χ1) is 6.83. The average molecular weight is 193 g/mol. The molecule has 1 aromatic rings. The van der Waals surface area contributed by atoms with Gasteiger partial charge in [0.05, 0.1) is 19.3 Å². The molecule has 4 heteroatoms. The Bertz CT molecular complexity index is 301. The molecule has 0 aliphatic heterocycles. The van der Waals surface area contributed by atoms with Gasteiger partial charge in [-0.2, -0.15) is 0 Å². The highest BCUT2D eigenvalue weighted by atomic mass is 16.5. The summed E-state index contributed by atoms with van der Waals surface area (Å²) in [6.07, 6.45) is 5.94. The molecule has 14 heavy (non-hydrogen) atoms. The highest BCUT2D eigenvalue weighted by molar-refractivity contribution is 5.32. The third-order valence-electron chi connectivity index (χ3n) is 2.02. The molecule has 0 fully saturated rings. The van der Waals surface area contributed by atoms with Gasteiger partial charge in [0.15, 0.2) is 0 Å². The van der Waals surface area contributed by atoms with Crippen LogP contribution in [0.1, 0.15) is 18.0 Å². The van der Waals surface area contributed by atoms with Crippen LogP contribution in [-0.2, 0) is 0 Å². The summed E-state index contributed by atoms with van der Waals surface area (Å²) in [6.45, 7) is 3.68. The van der Waals surface area contributed by atoms with Gasteiger partial charge in [-0.3, -0.25) is 16.3 Å². The Morgan fingerprint density at radius 1 is 1.79 bits per heavy atom. The molecule has 0 aromatic carbocycles. The van der Waals surface area contributed by atoms with Crippen LogP contribution in [0.25, 0.3) is 0 Å². The van der Waals surface area contributed by atoms with Gasteiger partial charge in [0.2, 0.25) is 0 Å². The van der Waals surface area contributed by atoms with Crippen LogP contribution in [0.3, 0.4) is 0 Å². The Morgan fingerprint density at radius 3 is 3.14 bits per heavy atom. The number of hydrogen-bond donors (Lipinski definition) is 2. The summed E-state index contributed by atoms with van der Waals surface area (Å²) in [4.78, 5) is 3.97. The van der Waals surface area contributed by atoms with Crippen LogP contribution in [0, 0.1) is 0 Å². The second-order valence-corrected chi connectivity index (χ2v) is 2.86. The number of ether oxygens (including phenoxy) is 1. The van der Waals surface area contributed by atoms with Crippen molar-refractivity contribution in [2.45, 2.75) is 12.5 Å². The molecule has 76 valence electrons. The van der Waals surface area contributed by atoms with E-state index in [0.717, 1.165) is 17.7 Å². The van der Waals surface area contributed by atoms with Crippen molar-refractivity contribution in [2.24, 2.45) is 5.84 Å². The van der Waals surface area contributed by atoms with Crippen molar-refractivity contribution < 1.29 is 4.74 Å². The molecule has 1 atom stereocenters. The Labute approximate surface area is 83.8 Å². The fourth-order valence-electron chi connectivity index (χ4n) is 1.30. The molecular formula is C10H15N3O. The van der Waals surface area contributed by atoms with Gasteiger partial charge in [-0.25, -0.2) is 0 Å². The third-order valence-corrected chi connectivity index (χ3v) is 2.02. The molecule has 1 rings (SSSR count). The number of aromatic nitrogens is 1. The fourth-order valence-corrected chi connectivity index (χ4v) is 1.30. The second-order valence-electron chi connectivity index (χ2n) is 2.86. The van der Waals surface area contributed by atoms with Gasteiger partial charge in [0.25, 0.3) is 0 Å². The molecule has 0 spiro atoms. The summed E-state index contributed by atoms with van der Waals surface area (Å²) in [6, 6.07) is 1.90. The number of methoxy groups -OCH3 is 1. The van der Waals surface area contributed by atoms with Crippen molar-refractivity contribution in [1.29, 1.82) is 0 Å². The fraction of sp³-hybridized carbons (Fsp3) is 0.300. The molecule has 4 nitrogen and oxygen atoms in total. The van der Waals surface area contributed by atoms with Crippen molar-refractivity contribution >= 4 is 0 Å². The normalized spacial score (nSPS) is 12.1. The first-order valence-corrected chi connectivity index (χ1v) is 4.38. The van der Waals surface area contributed by atoms with Crippen molar-refractivity contribution in [3.05, 3.63) is 36.7 Å². The SMILES string of the molecule is C=CCC(NN)c1ccncc1OC. The number of rotatable bonds is 5. The van der Waals surface area contributed by atoms with Gasteiger partial charge in [0, 0.05) is 11.8 Å². The molecule has 1 heterocycles. The molecule has 0 radical (unpaired) electrons. The number of nitrogens with one attached hydrogen (secondary N) is 1. The predicted octanol–water partition coefficient (Wildman–Crippen LogP) is 1.17. The summed E-state index contributed by atoms with van der Waals surface area (Å²) in [5.41, 5.74) is 3.71. The quantitative estimate of drug-likeness (QED) is 0.418. The van der Waals surface area contributed by atoms with E-state index in [-0.39, 0.29) is 6.04 Å². The summed E-state index contributed by atoms with van der Waals surface area (Å²) in [5.74, 6) is 6.17. The summed E-state index contributed by atoms with van der Waals surface area (Å²) >= 11 is 0. The smallest absolute Gasteiger partial charge is 0.141 e. The lowest BCUT2D eigenvalue weighted by atomic mass is 10.1. The summed E-state index contributed by atoms with van der Waals surface area (Å²) in [7, 11) is 1.61. The van der Waals surface area contributed by atoms with E-state index < -0.39 is 0 Å². The van der Waals surface area contributed by atoms with Crippen LogP contribution in [0.2, 0.25) is 0 Å². The zero-order chi connectivity index (χ0) is 10.4. The molecule has 0 aliphatic carbocycles. The van der Waals surface area contributed by atoms with E-state index in [1.165, 1.54) is 0 Å². The van der Waals surface area contributed by atoms with E-state index in [1.807, 2.05) is 12.1 Å². The summed E-state index contributed by atoms with van der Waals surface area (Å²) in [5, 5.41) is 0. The molecule has 1 aromatic heterocycles. The van der Waals surface area contributed by atoms with Crippen molar-refractivity contribution in [3.63, 3.8) is 0 Å². The van der Waals surface area contributed by atoms with E-state index in [4.69, 9.17) is 10.6 Å². The van der Waals surface area contributed by atoms with Crippen LogP contribution in [0.5, 0.6) is 5.75 Å². The topological polar surface area (TPSA) is 60.2 Å². The van der Waals surface area contributed by atoms with Crippen LogP contribution < -0.4 is 16.0 Å². The minimum atomic E-state index is 0.0189. The molecule has 1 unspecified atom stereocenters. The van der Waals surface area contributed by atoms with E-state index in [9.17, 15) is 0 Å². The Kier molecular flexibility index (Phi) is 4.10. The van der Waals surface area contributed by atoms with Crippen LogP contribution in [0.15, 0.2) is 31.1 Å². The Morgan fingerprint density at radius 2 is 2.57 bits per heavy atom. The zero-order valence-corrected chi connectivity index (χ0v) is 8.23. The van der Waals surface area contributed by atoms with Gasteiger partial charge in [0.1, 0.15) is 5.75 Å². The molecule has 3 N–H and O–H groups in total. The van der Waals surface area contributed by atoms with Gasteiger partial charge >= 0.3 is 0 Å². The van der Waals surface area contributed by atoms with Crippen molar-refractivity contribution in [1.82, 2.24) is 10.4 Å². The molecule has 0 saturated carbocycles. The lowest BCUT2D eigenvalue weighted by molar-refractivity contribution is 0.397. The zero-order valence-electron chi connectivity index (χ0n) is 8.23. The minimum Gasteiger partial charge on any atom is -0.495 e. The number of nitrogens with two attached hydrogens (primary N) is 1. The third kappa shape index (κ3) is 2.31. The highest BCUT2D eigenvalue weighted by Gasteiger charge is 2.12. The maximum absolute atomic E-state index is 5.44. The van der Waals surface area contributed by atoms with Crippen LogP contribution in [-0.4, -0.2) is 12.1 Å². The molecule has 0 bridgehead atoms. The highest BCUT2D eigenvalue weighted by Crippen LogP contribution is 2.25. The standard InChI is InChI=1S/C10H15N3O/c1-3-4-9(13-11)8-5-6-12-7-10(8)14-2/h3,5-7,9,13H,1,4,11H2,2H3. The summed E-state index contributed by atoms with van der Waals surface area (Å²) < 4.78 is 5.18. The number of pyridine rings is 1. The molecule has 0 saturated heterocycles. The van der Waals surface area contributed by atoms with Gasteiger partial charge in [-0.15, -0.1) is 6.58 Å². The second kappa shape index (κ2) is 5.36. The Hall–Kier alpha value is -1.39. The molecule has 0 amide bonds. The first-order valence-electron chi connectivity index (χ1n) is 4.38. The largest absolute Gasteiger partial charge is 0.495 e. The van der Waals surface area contributed by atoms with E-state index in [0.29, 0.717) is 0 Å². The minimum absolute atomic E-state index is 0.0189. The number of nitrogens with zero attached hydrogens (tertiary/aromatic N) is 1. The van der Waals surface area contributed by atoms with E-state index >= 15 is 0 Å². The predicted molar refractivity (Wildman–Crippen MR) is 55.7 cm³/mol. The molecule has 0 aliphatic rings. The maximum atomic E-state index is 5.44. The van der Waals surface area contributed by atoms with E-state index in [2.05, 4.69) is 17.0 Å². The van der Waals surface area contributed by atoms with Gasteiger partial charge < -0.3 is 4.74 Å². The number of hydrazine groups is 1. The van der Waals surface area contributed by atoms with Crippen LogP contribution >= 0.6 is 0 Å². The lowest BCUT2D eigenvalue weighted by Gasteiger charge is -2.16. The van der Waals surface area contributed by atoms with Gasteiger partial charge in [-0.1, -0.05) is 6.08 Å². The average Bonchev–Trinajstić information content (AvgIpc) is 2.26. The number of hydrogen-bond acceptors (Lipinski definition) is 4. The van der Waals surface area contributed by atoms with Crippen LogP contribution in [0.4, 0.5) is 0 Å². The molecular weight excluding hydrogens is 178 g/mol. The first kappa shape index (κ1) is 10.7. The Balaban J connectivity index is 2.95. The van der Waals surface area contributed by atoms with Crippen molar-refractivity contribution in [3.8, 4) is 5.75 Å². The monoisotopic (exact) mass is 193 g/mol.